The van der Waals surface area contributed by atoms with Gasteiger partial charge in [0.05, 0.1) is 5.56 Å². The molecule has 0 unspecified atom stereocenters. The number of anilines is 1. The van der Waals surface area contributed by atoms with Crippen molar-refractivity contribution >= 4 is 29.3 Å². The summed E-state index contributed by atoms with van der Waals surface area (Å²) in [6.07, 6.45) is 2.36. The molecule has 3 saturated heterocycles. The minimum absolute atomic E-state index is 0.000124. The Kier molecular flexibility index (Phi) is 5.69. The highest BCUT2D eigenvalue weighted by Gasteiger charge is 2.35. The van der Waals surface area contributed by atoms with Gasteiger partial charge in [-0.25, -0.2) is 0 Å². The van der Waals surface area contributed by atoms with Gasteiger partial charge in [-0.05, 0) is 62.2 Å². The van der Waals surface area contributed by atoms with Crippen LogP contribution >= 0.6 is 11.8 Å². The third-order valence-electron chi connectivity index (χ3n) is 5.49. The summed E-state index contributed by atoms with van der Waals surface area (Å²) >= 11 is 1.54. The van der Waals surface area contributed by atoms with E-state index in [4.69, 9.17) is 0 Å². The highest BCUT2D eigenvalue weighted by molar-refractivity contribution is 7.99. The van der Waals surface area contributed by atoms with E-state index in [2.05, 4.69) is 15.5 Å². The normalized spacial score (nSPS) is 23.2. The van der Waals surface area contributed by atoms with Crippen LogP contribution in [0.4, 0.5) is 5.69 Å². The monoisotopic (exact) mass is 395 g/mol. The first-order valence-corrected chi connectivity index (χ1v) is 10.6. The minimum atomic E-state index is -0.0977. The average Bonchev–Trinajstić information content (AvgIpc) is 2.69. The third kappa shape index (κ3) is 4.39. The Balaban J connectivity index is 1.49. The van der Waals surface area contributed by atoms with E-state index in [0.717, 1.165) is 35.1 Å². The number of amides is 2. The summed E-state index contributed by atoms with van der Waals surface area (Å²) in [6.45, 7) is 4.78. The molecular formula is C22H25N3O2S. The molecule has 3 aliphatic heterocycles. The van der Waals surface area contributed by atoms with Crippen molar-refractivity contribution in [3.05, 3.63) is 54.1 Å². The van der Waals surface area contributed by atoms with Crippen LogP contribution in [0.15, 0.2) is 58.3 Å². The van der Waals surface area contributed by atoms with Crippen LogP contribution in [-0.4, -0.2) is 42.4 Å². The van der Waals surface area contributed by atoms with Crippen molar-refractivity contribution in [3.63, 3.8) is 0 Å². The van der Waals surface area contributed by atoms with Gasteiger partial charge in [-0.1, -0.05) is 30.0 Å². The summed E-state index contributed by atoms with van der Waals surface area (Å²) in [4.78, 5) is 28.7. The molecule has 3 heterocycles. The number of nitrogens with zero attached hydrogens (tertiary/aromatic N) is 1. The molecule has 5 nitrogen and oxygen atoms in total. The summed E-state index contributed by atoms with van der Waals surface area (Å²) in [5.41, 5.74) is 1.46. The fourth-order valence-corrected chi connectivity index (χ4v) is 5.09. The van der Waals surface area contributed by atoms with Crippen LogP contribution in [0.2, 0.25) is 0 Å². The molecule has 5 rings (SSSR count). The molecule has 0 aromatic heterocycles. The number of benzene rings is 2. The summed E-state index contributed by atoms with van der Waals surface area (Å²) < 4.78 is 0. The fraction of sp³-hybridized carbons (Fsp3) is 0.364. The van der Waals surface area contributed by atoms with Crippen LogP contribution in [0, 0.1) is 5.92 Å². The Bertz CT molecular complexity index is 878. The van der Waals surface area contributed by atoms with Gasteiger partial charge in [0.25, 0.3) is 5.91 Å². The lowest BCUT2D eigenvalue weighted by Gasteiger charge is -2.45. The van der Waals surface area contributed by atoms with Crippen molar-refractivity contribution in [2.24, 2.45) is 5.92 Å². The van der Waals surface area contributed by atoms with E-state index >= 15 is 0 Å². The van der Waals surface area contributed by atoms with Crippen LogP contribution in [0.1, 0.15) is 30.1 Å². The Morgan fingerprint density at radius 1 is 1.07 bits per heavy atom. The van der Waals surface area contributed by atoms with Crippen LogP contribution in [-0.2, 0) is 4.79 Å². The number of hydrogen-bond donors (Lipinski definition) is 2. The fourth-order valence-electron chi connectivity index (χ4n) is 4.09. The number of carbonyl (C=O) groups is 2. The van der Waals surface area contributed by atoms with Crippen LogP contribution in [0.25, 0.3) is 0 Å². The maximum atomic E-state index is 13.0. The van der Waals surface area contributed by atoms with E-state index in [1.54, 1.807) is 0 Å². The molecular weight excluding hydrogens is 370 g/mol. The zero-order valence-electron chi connectivity index (χ0n) is 16.0. The largest absolute Gasteiger partial charge is 0.348 e. The second kappa shape index (κ2) is 8.37. The third-order valence-corrected chi connectivity index (χ3v) is 6.55. The van der Waals surface area contributed by atoms with E-state index in [-0.39, 0.29) is 17.9 Å². The smallest absolute Gasteiger partial charge is 0.252 e. The molecule has 3 aliphatic rings. The van der Waals surface area contributed by atoms with Gasteiger partial charge >= 0.3 is 0 Å². The summed E-state index contributed by atoms with van der Waals surface area (Å²) in [7, 11) is 0. The zero-order chi connectivity index (χ0) is 19.5. The van der Waals surface area contributed by atoms with Gasteiger partial charge < -0.3 is 15.5 Å². The van der Waals surface area contributed by atoms with Crippen molar-refractivity contribution in [2.45, 2.75) is 35.6 Å². The first-order valence-electron chi connectivity index (χ1n) is 9.76. The van der Waals surface area contributed by atoms with Gasteiger partial charge in [0.1, 0.15) is 0 Å². The lowest BCUT2D eigenvalue weighted by atomic mass is 9.84. The lowest BCUT2D eigenvalue weighted by Crippen LogP contribution is -2.57. The van der Waals surface area contributed by atoms with Gasteiger partial charge in [0.2, 0.25) is 5.91 Å². The van der Waals surface area contributed by atoms with E-state index in [9.17, 15) is 9.59 Å². The maximum Gasteiger partial charge on any atom is 0.252 e. The summed E-state index contributed by atoms with van der Waals surface area (Å²) in [5, 5.41) is 6.08. The highest BCUT2D eigenvalue weighted by atomic mass is 32.2. The lowest BCUT2D eigenvalue weighted by molar-refractivity contribution is -0.114. The quantitative estimate of drug-likeness (QED) is 0.812. The van der Waals surface area contributed by atoms with Crippen molar-refractivity contribution in [3.8, 4) is 0 Å². The van der Waals surface area contributed by atoms with Crippen molar-refractivity contribution < 1.29 is 9.59 Å². The van der Waals surface area contributed by atoms with Gasteiger partial charge in [-0.3, -0.25) is 9.59 Å². The predicted molar refractivity (Wildman–Crippen MR) is 112 cm³/mol. The molecule has 0 saturated carbocycles. The molecule has 2 N–H and O–H groups in total. The summed E-state index contributed by atoms with van der Waals surface area (Å²) in [6, 6.07) is 15.6. The predicted octanol–water partition coefficient (Wildman–Crippen LogP) is 3.62. The zero-order valence-corrected chi connectivity index (χ0v) is 16.8. The highest BCUT2D eigenvalue weighted by Crippen LogP contribution is 2.33. The Labute approximate surface area is 169 Å². The molecule has 0 radical (unpaired) electrons. The van der Waals surface area contributed by atoms with Crippen LogP contribution in [0.5, 0.6) is 0 Å². The molecule has 2 bridgehead atoms. The number of carbonyl (C=O) groups excluding carboxylic acids is 2. The first-order chi connectivity index (χ1) is 13.6. The molecule has 2 aromatic carbocycles. The molecule has 1 atom stereocenters. The Morgan fingerprint density at radius 3 is 2.57 bits per heavy atom. The average molecular weight is 396 g/mol. The molecule has 2 aromatic rings. The number of rotatable bonds is 5. The number of fused-ring (bicyclic) bond motifs is 3. The number of nitrogens with one attached hydrogen (secondary N) is 2. The second-order valence-corrected chi connectivity index (χ2v) is 8.64. The van der Waals surface area contributed by atoms with Gasteiger partial charge in [-0.2, -0.15) is 0 Å². The maximum absolute atomic E-state index is 13.0. The van der Waals surface area contributed by atoms with E-state index in [0.29, 0.717) is 11.5 Å². The number of hydrogen-bond acceptors (Lipinski definition) is 4. The summed E-state index contributed by atoms with van der Waals surface area (Å²) in [5.74, 6) is 0.502. The van der Waals surface area contributed by atoms with Gasteiger partial charge in [0.15, 0.2) is 0 Å². The van der Waals surface area contributed by atoms with Crippen molar-refractivity contribution in [1.29, 1.82) is 0 Å². The van der Waals surface area contributed by atoms with Crippen LogP contribution < -0.4 is 10.6 Å². The Morgan fingerprint density at radius 2 is 1.86 bits per heavy atom. The molecule has 3 fully saturated rings. The minimum Gasteiger partial charge on any atom is -0.348 e. The molecule has 28 heavy (non-hydrogen) atoms. The molecule has 0 aliphatic carbocycles. The standard InChI is InChI=1S/C22H25N3O2S/c1-15(26)23-17-5-4-6-18(13-17)28-21-8-3-2-7-19(21)22(27)24-20-14-25-11-9-16(20)10-12-25/h2-8,13,16,20H,9-12,14H2,1H3,(H,23,26)(H,24,27)/t20-/m0/s1. The van der Waals surface area contributed by atoms with E-state index in [1.165, 1.54) is 31.5 Å². The van der Waals surface area contributed by atoms with Gasteiger partial charge in [0, 0.05) is 35.0 Å². The van der Waals surface area contributed by atoms with Crippen molar-refractivity contribution in [1.82, 2.24) is 10.2 Å². The van der Waals surface area contributed by atoms with Crippen LogP contribution in [0.3, 0.4) is 0 Å². The Hall–Kier alpha value is -2.31. The molecule has 146 valence electrons. The molecule has 6 heteroatoms. The second-order valence-electron chi connectivity index (χ2n) is 7.53. The van der Waals surface area contributed by atoms with Crippen molar-refractivity contribution in [2.75, 3.05) is 25.0 Å². The van der Waals surface area contributed by atoms with E-state index < -0.39 is 0 Å². The molecule has 0 spiro atoms. The van der Waals surface area contributed by atoms with Gasteiger partial charge in [-0.15, -0.1) is 0 Å². The topological polar surface area (TPSA) is 61.4 Å². The first kappa shape index (κ1) is 19.0. The number of piperidine rings is 3. The molecule has 2 amide bonds. The SMILES string of the molecule is CC(=O)Nc1cccc(Sc2ccccc2C(=O)N[C@H]2CN3CCC2CC3)c1. The van der Waals surface area contributed by atoms with E-state index in [1.807, 2.05) is 48.5 Å².